The highest BCUT2D eigenvalue weighted by Gasteiger charge is 2.40. The monoisotopic (exact) mass is 307 g/mol. The summed E-state index contributed by atoms with van der Waals surface area (Å²) in [7, 11) is 0. The summed E-state index contributed by atoms with van der Waals surface area (Å²) < 4.78 is 5.80. The van der Waals surface area contributed by atoms with Gasteiger partial charge in [-0.1, -0.05) is 31.0 Å². The zero-order valence-corrected chi connectivity index (χ0v) is 13.1. The SMILES string of the molecule is CC[C@H](Oc1cccc(Cl)c1)C(=O)N[C@@H]1C[C@@H]2CC[C@@H]1C2. The Hall–Kier alpha value is -1.22. The molecule has 2 aliphatic rings. The molecule has 2 aliphatic carbocycles. The van der Waals surface area contributed by atoms with Crippen molar-refractivity contribution in [2.45, 2.75) is 51.2 Å². The van der Waals surface area contributed by atoms with Gasteiger partial charge in [0.05, 0.1) is 0 Å². The normalized spacial score (nSPS) is 28.4. The smallest absolute Gasteiger partial charge is 0.261 e. The van der Waals surface area contributed by atoms with Gasteiger partial charge in [-0.15, -0.1) is 0 Å². The van der Waals surface area contributed by atoms with Crippen LogP contribution in [0.4, 0.5) is 0 Å². The first-order chi connectivity index (χ1) is 10.2. The fourth-order valence-electron chi connectivity index (χ4n) is 3.72. The Balaban J connectivity index is 1.59. The van der Waals surface area contributed by atoms with Crippen LogP contribution in [0.2, 0.25) is 5.02 Å². The molecule has 21 heavy (non-hydrogen) atoms. The maximum atomic E-state index is 12.4. The Morgan fingerprint density at radius 1 is 1.43 bits per heavy atom. The zero-order valence-electron chi connectivity index (χ0n) is 12.3. The number of carbonyl (C=O) groups is 1. The molecule has 3 nitrogen and oxygen atoms in total. The average Bonchev–Trinajstić information content (AvgIpc) is 3.07. The summed E-state index contributed by atoms with van der Waals surface area (Å²) in [5.74, 6) is 2.17. The minimum absolute atomic E-state index is 0.00928. The Bertz CT molecular complexity index is 519. The summed E-state index contributed by atoms with van der Waals surface area (Å²) in [4.78, 5) is 12.4. The topological polar surface area (TPSA) is 38.3 Å². The summed E-state index contributed by atoms with van der Waals surface area (Å²) in [5, 5.41) is 3.82. The van der Waals surface area contributed by atoms with Crippen molar-refractivity contribution in [3.05, 3.63) is 29.3 Å². The van der Waals surface area contributed by atoms with Gasteiger partial charge in [-0.2, -0.15) is 0 Å². The fraction of sp³-hybridized carbons (Fsp3) is 0.588. The summed E-state index contributed by atoms with van der Waals surface area (Å²) in [6.45, 7) is 1.97. The number of nitrogens with one attached hydrogen (secondary N) is 1. The molecule has 2 saturated carbocycles. The van der Waals surface area contributed by atoms with E-state index in [0.717, 1.165) is 12.3 Å². The molecule has 1 aromatic rings. The van der Waals surface area contributed by atoms with E-state index in [1.165, 1.54) is 19.3 Å². The molecular weight excluding hydrogens is 286 g/mol. The van der Waals surface area contributed by atoms with E-state index in [0.29, 0.717) is 29.2 Å². The molecule has 2 bridgehead atoms. The molecule has 0 aliphatic heterocycles. The van der Waals surface area contributed by atoms with E-state index in [1.807, 2.05) is 19.1 Å². The number of fused-ring (bicyclic) bond motifs is 2. The van der Waals surface area contributed by atoms with Gasteiger partial charge in [-0.05, 0) is 55.7 Å². The highest BCUT2D eigenvalue weighted by molar-refractivity contribution is 6.30. The maximum Gasteiger partial charge on any atom is 0.261 e. The number of amides is 1. The van der Waals surface area contributed by atoms with Crippen LogP contribution in [0.15, 0.2) is 24.3 Å². The predicted octanol–water partition coefficient (Wildman–Crippen LogP) is 3.80. The summed E-state index contributed by atoms with van der Waals surface area (Å²) in [6, 6.07) is 7.56. The maximum absolute atomic E-state index is 12.4. The van der Waals surface area contributed by atoms with Crippen LogP contribution in [-0.4, -0.2) is 18.1 Å². The van der Waals surface area contributed by atoms with E-state index in [-0.39, 0.29) is 5.91 Å². The lowest BCUT2D eigenvalue weighted by Gasteiger charge is -2.25. The quantitative estimate of drug-likeness (QED) is 0.898. The second-order valence-electron chi connectivity index (χ2n) is 6.26. The molecule has 0 heterocycles. The van der Waals surface area contributed by atoms with Crippen molar-refractivity contribution in [2.75, 3.05) is 0 Å². The number of benzene rings is 1. The van der Waals surface area contributed by atoms with E-state index in [9.17, 15) is 4.79 Å². The highest BCUT2D eigenvalue weighted by atomic mass is 35.5. The number of halogens is 1. The van der Waals surface area contributed by atoms with Crippen molar-refractivity contribution in [2.24, 2.45) is 11.8 Å². The summed E-state index contributed by atoms with van der Waals surface area (Å²) in [6.07, 6.45) is 5.25. The lowest BCUT2D eigenvalue weighted by Crippen LogP contribution is -2.45. The first-order valence-electron chi connectivity index (χ1n) is 7.88. The van der Waals surface area contributed by atoms with Crippen molar-refractivity contribution >= 4 is 17.5 Å². The lowest BCUT2D eigenvalue weighted by atomic mass is 9.95. The molecule has 0 saturated heterocycles. The van der Waals surface area contributed by atoms with E-state index in [2.05, 4.69) is 5.32 Å². The number of hydrogen-bond donors (Lipinski definition) is 1. The fourth-order valence-corrected chi connectivity index (χ4v) is 3.90. The number of hydrogen-bond acceptors (Lipinski definition) is 2. The largest absolute Gasteiger partial charge is 0.481 e. The van der Waals surface area contributed by atoms with Crippen LogP contribution < -0.4 is 10.1 Å². The molecule has 0 spiro atoms. The highest BCUT2D eigenvalue weighted by Crippen LogP contribution is 2.44. The third-order valence-electron chi connectivity index (χ3n) is 4.80. The molecule has 0 unspecified atom stereocenters. The molecule has 1 aromatic carbocycles. The van der Waals surface area contributed by atoms with Gasteiger partial charge in [0.25, 0.3) is 5.91 Å². The van der Waals surface area contributed by atoms with E-state index < -0.39 is 6.10 Å². The minimum Gasteiger partial charge on any atom is -0.481 e. The van der Waals surface area contributed by atoms with Crippen LogP contribution in [0.3, 0.4) is 0 Å². The second-order valence-corrected chi connectivity index (χ2v) is 6.70. The zero-order chi connectivity index (χ0) is 14.8. The standard InChI is InChI=1S/C17H22ClNO2/c1-2-16(21-14-5-3-4-13(18)10-14)17(20)19-15-9-11-6-7-12(15)8-11/h3-5,10-12,15-16H,2,6-9H2,1H3,(H,19,20)/t11-,12-,15-,16+/m1/s1. The molecule has 3 rings (SSSR count). The van der Waals surface area contributed by atoms with Crippen LogP contribution in [0.5, 0.6) is 5.75 Å². The van der Waals surface area contributed by atoms with Crippen molar-refractivity contribution in [3.8, 4) is 5.75 Å². The van der Waals surface area contributed by atoms with E-state index >= 15 is 0 Å². The third-order valence-corrected chi connectivity index (χ3v) is 5.04. The minimum atomic E-state index is -0.442. The van der Waals surface area contributed by atoms with Gasteiger partial charge in [0, 0.05) is 11.1 Å². The predicted molar refractivity (Wildman–Crippen MR) is 83.5 cm³/mol. The number of rotatable bonds is 5. The van der Waals surface area contributed by atoms with Gasteiger partial charge in [-0.3, -0.25) is 4.79 Å². The third kappa shape index (κ3) is 3.34. The molecule has 4 atom stereocenters. The molecule has 1 amide bonds. The molecule has 1 N–H and O–H groups in total. The van der Waals surface area contributed by atoms with Crippen LogP contribution in [0, 0.1) is 11.8 Å². The van der Waals surface area contributed by atoms with Crippen LogP contribution in [0.25, 0.3) is 0 Å². The van der Waals surface area contributed by atoms with Gasteiger partial charge in [0.15, 0.2) is 6.10 Å². The van der Waals surface area contributed by atoms with Crippen molar-refractivity contribution in [1.29, 1.82) is 0 Å². The Morgan fingerprint density at radius 2 is 2.29 bits per heavy atom. The Kier molecular flexibility index (Phi) is 4.39. The van der Waals surface area contributed by atoms with Crippen molar-refractivity contribution in [3.63, 3.8) is 0 Å². The van der Waals surface area contributed by atoms with Crippen molar-refractivity contribution < 1.29 is 9.53 Å². The molecule has 0 aromatic heterocycles. The first kappa shape index (κ1) is 14.7. The van der Waals surface area contributed by atoms with Gasteiger partial charge >= 0.3 is 0 Å². The number of carbonyl (C=O) groups excluding carboxylic acids is 1. The average molecular weight is 308 g/mol. The van der Waals surface area contributed by atoms with Crippen LogP contribution in [-0.2, 0) is 4.79 Å². The molecule has 114 valence electrons. The summed E-state index contributed by atoms with van der Waals surface area (Å²) in [5.41, 5.74) is 0. The summed E-state index contributed by atoms with van der Waals surface area (Å²) >= 11 is 5.95. The lowest BCUT2D eigenvalue weighted by molar-refractivity contribution is -0.129. The molecule has 2 fully saturated rings. The molecule has 4 heteroatoms. The van der Waals surface area contributed by atoms with E-state index in [4.69, 9.17) is 16.3 Å². The Morgan fingerprint density at radius 3 is 2.90 bits per heavy atom. The van der Waals surface area contributed by atoms with Gasteiger partial charge < -0.3 is 10.1 Å². The first-order valence-corrected chi connectivity index (χ1v) is 8.26. The van der Waals surface area contributed by atoms with Gasteiger partial charge in [0.1, 0.15) is 5.75 Å². The number of ether oxygens (including phenoxy) is 1. The molecular formula is C17H22ClNO2. The van der Waals surface area contributed by atoms with Crippen molar-refractivity contribution in [1.82, 2.24) is 5.32 Å². The van der Waals surface area contributed by atoms with Crippen LogP contribution >= 0.6 is 11.6 Å². The van der Waals surface area contributed by atoms with Crippen LogP contribution in [0.1, 0.15) is 39.0 Å². The van der Waals surface area contributed by atoms with Gasteiger partial charge in [-0.25, -0.2) is 0 Å². The molecule has 0 radical (unpaired) electrons. The van der Waals surface area contributed by atoms with Gasteiger partial charge in [0.2, 0.25) is 0 Å². The second kappa shape index (κ2) is 6.27. The van der Waals surface area contributed by atoms with E-state index in [1.54, 1.807) is 12.1 Å². The Labute approximate surface area is 131 Å².